The number of carbonyl (C=O) groups excluding carboxylic acids is 4. The summed E-state index contributed by atoms with van der Waals surface area (Å²) in [6.07, 6.45) is 0. The van der Waals surface area contributed by atoms with Crippen molar-refractivity contribution in [2.45, 2.75) is 19.9 Å². The number of imide groups is 1. The van der Waals surface area contributed by atoms with Crippen LogP contribution >= 0.6 is 34.8 Å². The largest absolute Gasteiger partial charge is 0.465 e. The Morgan fingerprint density at radius 1 is 1.05 bits per heavy atom. The number of nitrogens with zero attached hydrogens (tertiary/aromatic N) is 2. The van der Waals surface area contributed by atoms with Crippen molar-refractivity contribution in [2.75, 3.05) is 13.7 Å². The molecule has 1 atom stereocenters. The summed E-state index contributed by atoms with van der Waals surface area (Å²) in [7, 11) is 1.09. The van der Waals surface area contributed by atoms with Gasteiger partial charge in [-0.25, -0.2) is 19.3 Å². The van der Waals surface area contributed by atoms with Crippen LogP contribution in [0.3, 0.4) is 0 Å². The zero-order chi connectivity index (χ0) is 28.4. The van der Waals surface area contributed by atoms with Crippen molar-refractivity contribution >= 4 is 58.7 Å². The van der Waals surface area contributed by atoms with Gasteiger partial charge in [0.1, 0.15) is 17.3 Å². The van der Waals surface area contributed by atoms with Crippen LogP contribution in [-0.2, 0) is 14.3 Å². The topological polar surface area (TPSA) is 128 Å². The van der Waals surface area contributed by atoms with E-state index >= 15 is 0 Å². The van der Waals surface area contributed by atoms with Gasteiger partial charge in [0.2, 0.25) is 5.76 Å². The van der Waals surface area contributed by atoms with Gasteiger partial charge in [0, 0.05) is 16.3 Å². The zero-order valence-electron chi connectivity index (χ0n) is 20.7. The molecule has 202 valence electrons. The molecule has 39 heavy (non-hydrogen) atoms. The van der Waals surface area contributed by atoms with Crippen molar-refractivity contribution in [1.82, 2.24) is 15.4 Å². The van der Waals surface area contributed by atoms with Crippen molar-refractivity contribution in [3.05, 3.63) is 85.7 Å². The highest BCUT2D eigenvalue weighted by atomic mass is 35.5. The number of rotatable bonds is 6. The molecule has 0 saturated carbocycles. The minimum Gasteiger partial charge on any atom is -0.465 e. The number of hydrogen-bond acceptors (Lipinski definition) is 8. The summed E-state index contributed by atoms with van der Waals surface area (Å²) < 4.78 is 15.4. The number of hydrogen-bond donors (Lipinski definition) is 1. The number of carbonyl (C=O) groups is 4. The van der Waals surface area contributed by atoms with Crippen molar-refractivity contribution in [1.29, 1.82) is 0 Å². The maximum Gasteiger partial charge on any atom is 0.344 e. The Balaban J connectivity index is 1.93. The minimum atomic E-state index is -1.27. The molecule has 10 nitrogen and oxygen atoms in total. The number of esters is 2. The van der Waals surface area contributed by atoms with Crippen LogP contribution in [0.2, 0.25) is 15.1 Å². The van der Waals surface area contributed by atoms with Gasteiger partial charge in [-0.3, -0.25) is 4.79 Å². The average molecular weight is 593 g/mol. The van der Waals surface area contributed by atoms with Crippen LogP contribution in [0.4, 0.5) is 4.79 Å². The Morgan fingerprint density at radius 2 is 1.69 bits per heavy atom. The molecule has 1 aromatic heterocycles. The van der Waals surface area contributed by atoms with Gasteiger partial charge >= 0.3 is 23.9 Å². The summed E-state index contributed by atoms with van der Waals surface area (Å²) in [5.41, 5.74) is 0.0583. The molecule has 1 aliphatic rings. The lowest BCUT2D eigenvalue weighted by Gasteiger charge is -2.35. The van der Waals surface area contributed by atoms with Gasteiger partial charge in [0.15, 0.2) is 0 Å². The fraction of sp³-hybridized carbons (Fsp3) is 0.192. The SMILES string of the molecule is CCOC(=O)C1=C(C)NC(=O)N(C(=O)c2onc(-c3c(Cl)cccc3Cl)c2C(=O)OC)C1c1ccc(Cl)cc1. The first kappa shape index (κ1) is 28.2. The molecule has 0 saturated heterocycles. The van der Waals surface area contributed by atoms with E-state index in [-0.39, 0.29) is 39.2 Å². The highest BCUT2D eigenvalue weighted by molar-refractivity contribution is 6.39. The lowest BCUT2D eigenvalue weighted by Crippen LogP contribution is -2.51. The molecule has 1 unspecified atom stereocenters. The van der Waals surface area contributed by atoms with E-state index in [0.29, 0.717) is 10.6 Å². The molecular weight excluding hydrogens is 573 g/mol. The number of benzene rings is 2. The van der Waals surface area contributed by atoms with E-state index in [9.17, 15) is 19.2 Å². The molecule has 1 aliphatic heterocycles. The van der Waals surface area contributed by atoms with Crippen LogP contribution in [-0.4, -0.2) is 47.7 Å². The molecule has 3 aromatic rings. The van der Waals surface area contributed by atoms with E-state index in [2.05, 4.69) is 10.5 Å². The number of ether oxygens (including phenoxy) is 2. The fourth-order valence-electron chi connectivity index (χ4n) is 4.11. The highest BCUT2D eigenvalue weighted by Crippen LogP contribution is 2.40. The first-order chi connectivity index (χ1) is 18.6. The molecule has 0 spiro atoms. The maximum absolute atomic E-state index is 14.0. The van der Waals surface area contributed by atoms with Crippen LogP contribution in [0.25, 0.3) is 11.3 Å². The van der Waals surface area contributed by atoms with Gasteiger partial charge in [-0.2, -0.15) is 0 Å². The monoisotopic (exact) mass is 591 g/mol. The van der Waals surface area contributed by atoms with Crippen LogP contribution in [0, 0.1) is 0 Å². The van der Waals surface area contributed by atoms with Gasteiger partial charge in [-0.05, 0) is 43.7 Å². The third kappa shape index (κ3) is 5.23. The highest BCUT2D eigenvalue weighted by Gasteiger charge is 2.45. The quantitative estimate of drug-likeness (QED) is 0.354. The normalized spacial score (nSPS) is 15.2. The Morgan fingerprint density at radius 3 is 2.28 bits per heavy atom. The lowest BCUT2D eigenvalue weighted by molar-refractivity contribution is -0.139. The van der Waals surface area contributed by atoms with Crippen LogP contribution < -0.4 is 5.32 Å². The first-order valence-corrected chi connectivity index (χ1v) is 12.5. The van der Waals surface area contributed by atoms with E-state index in [1.165, 1.54) is 31.2 Å². The van der Waals surface area contributed by atoms with E-state index in [1.807, 2.05) is 0 Å². The number of methoxy groups -OCH3 is 1. The first-order valence-electron chi connectivity index (χ1n) is 11.4. The van der Waals surface area contributed by atoms with Crippen LogP contribution in [0.5, 0.6) is 0 Å². The smallest absolute Gasteiger partial charge is 0.344 e. The number of amides is 3. The standard InChI is InChI=1S/C26H20Cl3N3O7/c1-4-38-25(35)17-12(2)30-26(36)32(21(17)13-8-10-14(27)11-9-13)23(33)22-19(24(34)37-3)20(31-39-22)18-15(28)6-5-7-16(18)29/h5-11,21H,4H2,1-3H3,(H,30,36). The molecule has 2 aromatic carbocycles. The summed E-state index contributed by atoms with van der Waals surface area (Å²) in [5, 5.41) is 7.01. The third-order valence-electron chi connectivity index (χ3n) is 5.82. The Labute approximate surface area is 237 Å². The molecule has 0 radical (unpaired) electrons. The zero-order valence-corrected chi connectivity index (χ0v) is 23.0. The molecular formula is C26H20Cl3N3O7. The molecule has 13 heteroatoms. The molecule has 3 amide bonds. The van der Waals surface area contributed by atoms with Gasteiger partial charge < -0.3 is 19.3 Å². The summed E-state index contributed by atoms with van der Waals surface area (Å²) in [6.45, 7) is 3.16. The fourth-order valence-corrected chi connectivity index (χ4v) is 4.82. The molecule has 0 fully saturated rings. The van der Waals surface area contributed by atoms with Crippen LogP contribution in [0.1, 0.15) is 46.4 Å². The summed E-state index contributed by atoms with van der Waals surface area (Å²) in [6, 6.07) is 8.61. The second kappa shape index (κ2) is 11.5. The van der Waals surface area contributed by atoms with Crippen molar-refractivity contribution in [3.63, 3.8) is 0 Å². The second-order valence-corrected chi connectivity index (χ2v) is 9.39. The number of allylic oxidation sites excluding steroid dienone is 1. The van der Waals surface area contributed by atoms with E-state index in [4.69, 9.17) is 48.8 Å². The predicted octanol–water partition coefficient (Wildman–Crippen LogP) is 5.83. The van der Waals surface area contributed by atoms with Crippen molar-refractivity contribution < 1.29 is 33.2 Å². The number of halogens is 3. The average Bonchev–Trinajstić information content (AvgIpc) is 3.32. The van der Waals surface area contributed by atoms with Crippen LogP contribution in [0.15, 0.2) is 58.3 Å². The van der Waals surface area contributed by atoms with Gasteiger partial charge in [-0.1, -0.05) is 58.2 Å². The molecule has 0 aliphatic carbocycles. The third-order valence-corrected chi connectivity index (χ3v) is 6.71. The maximum atomic E-state index is 14.0. The van der Waals surface area contributed by atoms with E-state index in [1.54, 1.807) is 25.1 Å². The lowest BCUT2D eigenvalue weighted by atomic mass is 9.93. The van der Waals surface area contributed by atoms with Crippen molar-refractivity contribution in [3.8, 4) is 11.3 Å². The Bertz CT molecular complexity index is 1500. The summed E-state index contributed by atoms with van der Waals surface area (Å²) >= 11 is 18.7. The number of nitrogens with one attached hydrogen (secondary N) is 1. The minimum absolute atomic E-state index is 0.0133. The molecule has 2 heterocycles. The van der Waals surface area contributed by atoms with Crippen molar-refractivity contribution in [2.24, 2.45) is 0 Å². The van der Waals surface area contributed by atoms with Gasteiger partial charge in [-0.15, -0.1) is 0 Å². The summed E-state index contributed by atoms with van der Waals surface area (Å²) in [4.78, 5) is 54.0. The van der Waals surface area contributed by atoms with E-state index in [0.717, 1.165) is 12.0 Å². The summed E-state index contributed by atoms with van der Waals surface area (Å²) in [5.74, 6) is -3.49. The molecule has 0 bridgehead atoms. The Kier molecular flexibility index (Phi) is 8.29. The Hall–Kier alpha value is -3.86. The molecule has 4 rings (SSSR count). The predicted molar refractivity (Wildman–Crippen MR) is 142 cm³/mol. The van der Waals surface area contributed by atoms with E-state index < -0.39 is 41.2 Å². The number of urea groups is 1. The second-order valence-electron chi connectivity index (χ2n) is 8.14. The van der Waals surface area contributed by atoms with Gasteiger partial charge in [0.25, 0.3) is 0 Å². The molecule has 1 N–H and O–H groups in total. The van der Waals surface area contributed by atoms with Gasteiger partial charge in [0.05, 0.1) is 29.3 Å². The number of aromatic nitrogens is 1.